The van der Waals surface area contributed by atoms with E-state index in [0.29, 0.717) is 12.2 Å². The fourth-order valence-electron chi connectivity index (χ4n) is 1.78. The molecule has 6 heteroatoms. The van der Waals surface area contributed by atoms with E-state index in [9.17, 15) is 4.79 Å². The van der Waals surface area contributed by atoms with Gasteiger partial charge in [-0.25, -0.2) is 0 Å². The molecule has 0 aliphatic carbocycles. The van der Waals surface area contributed by atoms with E-state index in [0.717, 1.165) is 25.2 Å². The largest absolute Gasteiger partial charge is 0.388 e. The Balaban J connectivity index is 2.23. The standard InChI is InChI=1S/C11H14N4OS/c12-11(17)9-6-8(2-4-13-9)15-5-1-3-14-10(16)7-15/h2,4,6H,1,3,5,7H2,(H2,12,17)(H,14,16). The van der Waals surface area contributed by atoms with Crippen LogP contribution >= 0.6 is 12.2 Å². The number of rotatable bonds is 2. The van der Waals surface area contributed by atoms with Crippen LogP contribution in [0.5, 0.6) is 0 Å². The minimum absolute atomic E-state index is 0.0381. The molecule has 3 N–H and O–H groups in total. The number of carbonyl (C=O) groups excluding carboxylic acids is 1. The van der Waals surface area contributed by atoms with Gasteiger partial charge in [-0.3, -0.25) is 9.78 Å². The highest BCUT2D eigenvalue weighted by molar-refractivity contribution is 7.80. The number of carbonyl (C=O) groups is 1. The Kier molecular flexibility index (Phi) is 3.53. The fraction of sp³-hybridized carbons (Fsp3) is 0.364. The summed E-state index contributed by atoms with van der Waals surface area (Å²) >= 11 is 4.89. The molecule has 0 saturated carbocycles. The Labute approximate surface area is 105 Å². The van der Waals surface area contributed by atoms with E-state index in [-0.39, 0.29) is 10.9 Å². The van der Waals surface area contributed by atoms with E-state index >= 15 is 0 Å². The molecular weight excluding hydrogens is 236 g/mol. The summed E-state index contributed by atoms with van der Waals surface area (Å²) in [5.41, 5.74) is 7.06. The van der Waals surface area contributed by atoms with Gasteiger partial charge < -0.3 is 16.0 Å². The van der Waals surface area contributed by atoms with Crippen LogP contribution in [-0.2, 0) is 4.79 Å². The molecule has 17 heavy (non-hydrogen) atoms. The second-order valence-electron chi connectivity index (χ2n) is 3.89. The Bertz CT molecular complexity index is 449. The molecule has 1 aromatic heterocycles. The van der Waals surface area contributed by atoms with Gasteiger partial charge in [0.1, 0.15) is 4.99 Å². The van der Waals surface area contributed by atoms with Gasteiger partial charge in [-0.2, -0.15) is 0 Å². The first-order valence-corrected chi connectivity index (χ1v) is 5.85. The van der Waals surface area contributed by atoms with Gasteiger partial charge in [-0.1, -0.05) is 12.2 Å². The zero-order valence-corrected chi connectivity index (χ0v) is 10.2. The molecule has 0 unspecified atom stereocenters. The zero-order valence-electron chi connectivity index (χ0n) is 9.35. The Morgan fingerprint density at radius 3 is 3.18 bits per heavy atom. The number of pyridine rings is 1. The van der Waals surface area contributed by atoms with Gasteiger partial charge in [-0.15, -0.1) is 0 Å². The molecule has 1 saturated heterocycles. The van der Waals surface area contributed by atoms with Crippen LogP contribution < -0.4 is 16.0 Å². The predicted octanol–water partition coefficient (Wildman–Crippen LogP) is 0.0421. The lowest BCUT2D eigenvalue weighted by Gasteiger charge is -2.21. The summed E-state index contributed by atoms with van der Waals surface area (Å²) in [6, 6.07) is 3.68. The normalized spacial score (nSPS) is 16.2. The van der Waals surface area contributed by atoms with Gasteiger partial charge in [0.2, 0.25) is 5.91 Å². The number of amides is 1. The maximum Gasteiger partial charge on any atom is 0.239 e. The van der Waals surface area contributed by atoms with E-state index < -0.39 is 0 Å². The number of nitrogens with one attached hydrogen (secondary N) is 1. The maximum absolute atomic E-state index is 11.5. The average Bonchev–Trinajstić information content (AvgIpc) is 2.54. The van der Waals surface area contributed by atoms with Crippen molar-refractivity contribution in [2.24, 2.45) is 5.73 Å². The number of hydrogen-bond donors (Lipinski definition) is 2. The highest BCUT2D eigenvalue weighted by atomic mass is 32.1. The molecule has 0 bridgehead atoms. The monoisotopic (exact) mass is 250 g/mol. The SMILES string of the molecule is NC(=S)c1cc(N2CCCNC(=O)C2)ccn1. The smallest absolute Gasteiger partial charge is 0.239 e. The lowest BCUT2D eigenvalue weighted by atomic mass is 10.2. The molecule has 1 aliphatic rings. The van der Waals surface area contributed by atoms with Crippen LogP contribution in [0.15, 0.2) is 18.3 Å². The number of aromatic nitrogens is 1. The van der Waals surface area contributed by atoms with Crippen molar-refractivity contribution >= 4 is 28.8 Å². The molecule has 2 heterocycles. The predicted molar refractivity (Wildman–Crippen MR) is 70.0 cm³/mol. The van der Waals surface area contributed by atoms with Crippen LogP contribution in [0.4, 0.5) is 5.69 Å². The lowest BCUT2D eigenvalue weighted by molar-refractivity contribution is -0.119. The molecular formula is C11H14N4OS. The molecule has 1 aromatic rings. The molecule has 0 radical (unpaired) electrons. The van der Waals surface area contributed by atoms with E-state index in [1.54, 1.807) is 6.20 Å². The van der Waals surface area contributed by atoms with Crippen molar-refractivity contribution in [3.05, 3.63) is 24.0 Å². The van der Waals surface area contributed by atoms with E-state index in [1.807, 2.05) is 17.0 Å². The number of nitrogens with zero attached hydrogens (tertiary/aromatic N) is 2. The van der Waals surface area contributed by atoms with Crippen molar-refractivity contribution in [3.63, 3.8) is 0 Å². The van der Waals surface area contributed by atoms with Crippen LogP contribution in [0.25, 0.3) is 0 Å². The fourth-order valence-corrected chi connectivity index (χ4v) is 1.89. The minimum Gasteiger partial charge on any atom is -0.388 e. The van der Waals surface area contributed by atoms with Gasteiger partial charge in [-0.05, 0) is 18.6 Å². The summed E-state index contributed by atoms with van der Waals surface area (Å²) in [7, 11) is 0. The Morgan fingerprint density at radius 1 is 1.59 bits per heavy atom. The second-order valence-corrected chi connectivity index (χ2v) is 4.33. The summed E-state index contributed by atoms with van der Waals surface area (Å²) in [5, 5.41) is 2.83. The molecule has 0 aromatic carbocycles. The van der Waals surface area contributed by atoms with Crippen LogP contribution in [0.1, 0.15) is 12.1 Å². The molecule has 5 nitrogen and oxygen atoms in total. The summed E-state index contributed by atoms with van der Waals surface area (Å²) < 4.78 is 0. The Hall–Kier alpha value is -1.69. The molecule has 1 fully saturated rings. The second kappa shape index (κ2) is 5.09. The first-order valence-electron chi connectivity index (χ1n) is 5.44. The van der Waals surface area contributed by atoms with Crippen LogP contribution in [0.3, 0.4) is 0 Å². The first kappa shape index (κ1) is 11.8. The number of hydrogen-bond acceptors (Lipinski definition) is 4. The van der Waals surface area contributed by atoms with Gasteiger partial charge in [0, 0.05) is 25.0 Å². The molecule has 1 aliphatic heterocycles. The van der Waals surface area contributed by atoms with Crippen molar-refractivity contribution in [1.29, 1.82) is 0 Å². The average molecular weight is 250 g/mol. The first-order chi connectivity index (χ1) is 8.16. The molecule has 90 valence electrons. The molecule has 1 amide bonds. The molecule has 0 atom stereocenters. The van der Waals surface area contributed by atoms with E-state index in [2.05, 4.69) is 10.3 Å². The topological polar surface area (TPSA) is 71.2 Å². The lowest BCUT2D eigenvalue weighted by Crippen LogP contribution is -2.33. The van der Waals surface area contributed by atoms with Gasteiger partial charge in [0.25, 0.3) is 0 Å². The third-order valence-corrected chi connectivity index (χ3v) is 2.83. The number of anilines is 1. The summed E-state index contributed by atoms with van der Waals surface area (Å²) in [4.78, 5) is 17.8. The van der Waals surface area contributed by atoms with E-state index in [1.165, 1.54) is 0 Å². The molecule has 0 spiro atoms. The summed E-state index contributed by atoms with van der Waals surface area (Å²) in [6.07, 6.45) is 2.59. The third-order valence-electron chi connectivity index (χ3n) is 2.62. The zero-order chi connectivity index (χ0) is 12.3. The maximum atomic E-state index is 11.5. The number of thiocarbonyl (C=S) groups is 1. The van der Waals surface area contributed by atoms with Gasteiger partial charge in [0.05, 0.1) is 12.2 Å². The van der Waals surface area contributed by atoms with Gasteiger partial charge in [0.15, 0.2) is 0 Å². The van der Waals surface area contributed by atoms with Crippen molar-refractivity contribution < 1.29 is 4.79 Å². The van der Waals surface area contributed by atoms with Gasteiger partial charge >= 0.3 is 0 Å². The molecule has 2 rings (SSSR count). The van der Waals surface area contributed by atoms with Crippen LogP contribution in [-0.4, -0.2) is 35.5 Å². The summed E-state index contributed by atoms with van der Waals surface area (Å²) in [6.45, 7) is 1.92. The highest BCUT2D eigenvalue weighted by Crippen LogP contribution is 2.15. The van der Waals surface area contributed by atoms with Crippen LogP contribution in [0.2, 0.25) is 0 Å². The van der Waals surface area contributed by atoms with Crippen molar-refractivity contribution in [2.45, 2.75) is 6.42 Å². The van der Waals surface area contributed by atoms with Crippen molar-refractivity contribution in [2.75, 3.05) is 24.5 Å². The van der Waals surface area contributed by atoms with Crippen molar-refractivity contribution in [1.82, 2.24) is 10.3 Å². The summed E-state index contributed by atoms with van der Waals surface area (Å²) in [5.74, 6) is 0.0381. The minimum atomic E-state index is 0.0381. The quantitative estimate of drug-likeness (QED) is 0.725. The Morgan fingerprint density at radius 2 is 2.41 bits per heavy atom. The van der Waals surface area contributed by atoms with Crippen molar-refractivity contribution in [3.8, 4) is 0 Å². The third kappa shape index (κ3) is 2.91. The van der Waals surface area contributed by atoms with Crippen LogP contribution in [0, 0.1) is 0 Å². The number of nitrogens with two attached hydrogens (primary N) is 1. The highest BCUT2D eigenvalue weighted by Gasteiger charge is 2.15. The van der Waals surface area contributed by atoms with E-state index in [4.69, 9.17) is 18.0 Å².